The second-order valence-corrected chi connectivity index (χ2v) is 7.15. The Hall–Kier alpha value is -2.17. The summed E-state index contributed by atoms with van der Waals surface area (Å²) in [5, 5.41) is 4.16. The zero-order valence-corrected chi connectivity index (χ0v) is 14.6. The van der Waals surface area contributed by atoms with Crippen molar-refractivity contribution in [2.75, 3.05) is 6.54 Å². The largest absolute Gasteiger partial charge is 0.350 e. The SMILES string of the molecule is O=C(c1onc2c1CCCC2)N1CCCC[C@H]1CCc1ccccn1. The lowest BCUT2D eigenvalue weighted by molar-refractivity contribution is 0.0558. The summed E-state index contributed by atoms with van der Waals surface area (Å²) in [6.45, 7) is 0.821. The highest BCUT2D eigenvalue weighted by Gasteiger charge is 2.32. The van der Waals surface area contributed by atoms with E-state index in [-0.39, 0.29) is 11.9 Å². The normalized spacial score (nSPS) is 20.3. The van der Waals surface area contributed by atoms with Crippen LogP contribution in [0, 0.1) is 0 Å². The van der Waals surface area contributed by atoms with E-state index in [0.29, 0.717) is 5.76 Å². The van der Waals surface area contributed by atoms with E-state index in [9.17, 15) is 4.79 Å². The summed E-state index contributed by atoms with van der Waals surface area (Å²) in [5.74, 6) is 0.542. The van der Waals surface area contributed by atoms with E-state index in [4.69, 9.17) is 4.52 Å². The number of carbonyl (C=O) groups excluding carboxylic acids is 1. The number of nitrogens with zero attached hydrogens (tertiary/aromatic N) is 3. The molecule has 0 radical (unpaired) electrons. The molecule has 0 saturated carbocycles. The summed E-state index contributed by atoms with van der Waals surface area (Å²) in [6.07, 6.45) is 11.1. The number of rotatable bonds is 4. The number of hydrogen-bond donors (Lipinski definition) is 0. The van der Waals surface area contributed by atoms with Gasteiger partial charge < -0.3 is 9.42 Å². The maximum atomic E-state index is 13.1. The van der Waals surface area contributed by atoms with Crippen LogP contribution in [-0.2, 0) is 19.3 Å². The Bertz CT molecular complexity index is 726. The van der Waals surface area contributed by atoms with Crippen LogP contribution in [0.15, 0.2) is 28.9 Å². The molecule has 1 fully saturated rings. The monoisotopic (exact) mass is 339 g/mol. The minimum absolute atomic E-state index is 0.0429. The van der Waals surface area contributed by atoms with Gasteiger partial charge in [0.2, 0.25) is 5.76 Å². The molecular formula is C20H25N3O2. The molecular weight excluding hydrogens is 314 g/mol. The molecule has 25 heavy (non-hydrogen) atoms. The van der Waals surface area contributed by atoms with Crippen LogP contribution in [0.5, 0.6) is 0 Å². The Labute approximate surface area is 148 Å². The lowest BCUT2D eigenvalue weighted by Gasteiger charge is -2.35. The van der Waals surface area contributed by atoms with Crippen molar-refractivity contribution in [2.45, 2.75) is 63.8 Å². The number of fused-ring (bicyclic) bond motifs is 1. The minimum atomic E-state index is 0.0429. The lowest BCUT2D eigenvalue weighted by Crippen LogP contribution is -2.44. The molecule has 5 heteroatoms. The molecule has 2 aromatic heterocycles. The first-order chi connectivity index (χ1) is 12.3. The molecule has 0 aromatic carbocycles. The second-order valence-electron chi connectivity index (χ2n) is 7.15. The van der Waals surface area contributed by atoms with Crippen LogP contribution in [-0.4, -0.2) is 33.5 Å². The summed E-state index contributed by atoms with van der Waals surface area (Å²) >= 11 is 0. The molecule has 3 heterocycles. The van der Waals surface area contributed by atoms with Crippen molar-refractivity contribution in [3.63, 3.8) is 0 Å². The number of hydrogen-bond acceptors (Lipinski definition) is 4. The number of piperidine rings is 1. The van der Waals surface area contributed by atoms with E-state index in [1.807, 2.05) is 23.2 Å². The van der Waals surface area contributed by atoms with Gasteiger partial charge in [-0.05, 0) is 69.9 Å². The third kappa shape index (κ3) is 3.46. The molecule has 132 valence electrons. The van der Waals surface area contributed by atoms with Crippen LogP contribution in [0.3, 0.4) is 0 Å². The number of likely N-dealkylation sites (tertiary alicyclic amines) is 1. The van der Waals surface area contributed by atoms with Crippen LogP contribution in [0.2, 0.25) is 0 Å². The summed E-state index contributed by atoms with van der Waals surface area (Å²) in [5.41, 5.74) is 3.15. The molecule has 1 saturated heterocycles. The van der Waals surface area contributed by atoms with Gasteiger partial charge in [-0.2, -0.15) is 0 Å². The molecule has 2 aliphatic rings. The van der Waals surface area contributed by atoms with Gasteiger partial charge in [0, 0.05) is 30.0 Å². The molecule has 1 atom stereocenters. The number of pyridine rings is 1. The van der Waals surface area contributed by atoms with Crippen LogP contribution in [0.1, 0.15) is 66.0 Å². The van der Waals surface area contributed by atoms with Crippen molar-refractivity contribution in [3.05, 3.63) is 47.1 Å². The fourth-order valence-electron chi connectivity index (χ4n) is 4.12. The summed E-state index contributed by atoms with van der Waals surface area (Å²) in [7, 11) is 0. The Morgan fingerprint density at radius 2 is 2.12 bits per heavy atom. The summed E-state index contributed by atoms with van der Waals surface area (Å²) in [6, 6.07) is 6.29. The molecule has 5 nitrogen and oxygen atoms in total. The average molecular weight is 339 g/mol. The van der Waals surface area contributed by atoms with Crippen molar-refractivity contribution in [1.82, 2.24) is 15.0 Å². The van der Waals surface area contributed by atoms with Crippen molar-refractivity contribution >= 4 is 5.91 Å². The quantitative estimate of drug-likeness (QED) is 0.854. The lowest BCUT2D eigenvalue weighted by atomic mass is 9.94. The van der Waals surface area contributed by atoms with Crippen molar-refractivity contribution < 1.29 is 9.32 Å². The predicted octanol–water partition coefficient (Wildman–Crippen LogP) is 3.58. The van der Waals surface area contributed by atoms with Gasteiger partial charge in [-0.15, -0.1) is 0 Å². The van der Waals surface area contributed by atoms with Crippen LogP contribution < -0.4 is 0 Å². The highest BCUT2D eigenvalue weighted by atomic mass is 16.5. The fraction of sp³-hybridized carbons (Fsp3) is 0.550. The van der Waals surface area contributed by atoms with E-state index in [2.05, 4.69) is 16.2 Å². The third-order valence-corrected chi connectivity index (χ3v) is 5.50. The second kappa shape index (κ2) is 7.38. The third-order valence-electron chi connectivity index (χ3n) is 5.50. The van der Waals surface area contributed by atoms with Crippen molar-refractivity contribution in [3.8, 4) is 0 Å². The van der Waals surface area contributed by atoms with Crippen molar-refractivity contribution in [1.29, 1.82) is 0 Å². The highest BCUT2D eigenvalue weighted by molar-refractivity contribution is 5.93. The first-order valence-corrected chi connectivity index (χ1v) is 9.51. The standard InChI is InChI=1S/C20H25N3O2/c24-20(19-17-9-1-2-10-18(17)22-25-19)23-14-6-4-8-16(23)12-11-15-7-3-5-13-21-15/h3,5,7,13,16H,1-2,4,6,8-12,14H2/t16-/m0/s1. The van der Waals surface area contributed by atoms with Gasteiger partial charge in [0.25, 0.3) is 5.91 Å². The summed E-state index contributed by atoms with van der Waals surface area (Å²) in [4.78, 5) is 19.6. The topological polar surface area (TPSA) is 59.2 Å². The molecule has 0 unspecified atom stereocenters. The fourth-order valence-corrected chi connectivity index (χ4v) is 4.12. The Morgan fingerprint density at radius 1 is 1.20 bits per heavy atom. The number of aromatic nitrogens is 2. The van der Waals surface area contributed by atoms with Crippen LogP contribution >= 0.6 is 0 Å². The molecule has 0 N–H and O–H groups in total. The van der Waals surface area contributed by atoms with Crippen LogP contribution in [0.25, 0.3) is 0 Å². The zero-order chi connectivity index (χ0) is 17.1. The maximum Gasteiger partial charge on any atom is 0.293 e. The van der Waals surface area contributed by atoms with E-state index in [0.717, 1.165) is 74.9 Å². The molecule has 1 aliphatic carbocycles. The Balaban J connectivity index is 1.48. The van der Waals surface area contributed by atoms with Gasteiger partial charge in [0.15, 0.2) is 0 Å². The van der Waals surface area contributed by atoms with E-state index >= 15 is 0 Å². The first kappa shape index (κ1) is 16.3. The van der Waals surface area contributed by atoms with Gasteiger partial charge in [-0.3, -0.25) is 9.78 Å². The molecule has 1 aliphatic heterocycles. The Morgan fingerprint density at radius 3 is 3.00 bits per heavy atom. The maximum absolute atomic E-state index is 13.1. The molecule has 0 bridgehead atoms. The zero-order valence-electron chi connectivity index (χ0n) is 14.6. The molecule has 1 amide bonds. The molecule has 4 rings (SSSR count). The van der Waals surface area contributed by atoms with E-state index in [1.54, 1.807) is 0 Å². The Kier molecular flexibility index (Phi) is 4.81. The van der Waals surface area contributed by atoms with E-state index < -0.39 is 0 Å². The van der Waals surface area contributed by atoms with Crippen LogP contribution in [0.4, 0.5) is 0 Å². The smallest absolute Gasteiger partial charge is 0.293 e. The number of carbonyl (C=O) groups is 1. The highest BCUT2D eigenvalue weighted by Crippen LogP contribution is 2.28. The van der Waals surface area contributed by atoms with Gasteiger partial charge >= 0.3 is 0 Å². The summed E-state index contributed by atoms with van der Waals surface area (Å²) < 4.78 is 5.49. The first-order valence-electron chi connectivity index (χ1n) is 9.51. The van der Waals surface area contributed by atoms with Gasteiger partial charge in [0.1, 0.15) is 0 Å². The molecule has 0 spiro atoms. The predicted molar refractivity (Wildman–Crippen MR) is 94.4 cm³/mol. The number of aryl methyl sites for hydroxylation is 2. The van der Waals surface area contributed by atoms with Crippen molar-refractivity contribution in [2.24, 2.45) is 0 Å². The van der Waals surface area contributed by atoms with Gasteiger partial charge in [0.05, 0.1) is 5.69 Å². The van der Waals surface area contributed by atoms with Gasteiger partial charge in [-0.25, -0.2) is 0 Å². The molecule has 2 aromatic rings. The minimum Gasteiger partial charge on any atom is -0.350 e. The van der Waals surface area contributed by atoms with E-state index in [1.165, 1.54) is 6.42 Å². The van der Waals surface area contributed by atoms with Gasteiger partial charge in [-0.1, -0.05) is 11.2 Å². The number of amides is 1. The average Bonchev–Trinajstić information content (AvgIpc) is 3.11.